The van der Waals surface area contributed by atoms with Crippen LogP contribution in [-0.4, -0.2) is 61.2 Å². The molecular formula is C16H15BrF7N5O3S. The number of sulfonamides is 1. The summed E-state index contributed by atoms with van der Waals surface area (Å²) in [5, 5.41) is 13.0. The Morgan fingerprint density at radius 3 is 2.18 bits per heavy atom. The van der Waals surface area contributed by atoms with E-state index in [9.17, 15) is 39.2 Å². The van der Waals surface area contributed by atoms with E-state index in [-0.39, 0.29) is 27.5 Å². The molecule has 0 amide bonds. The second-order valence-corrected chi connectivity index (χ2v) is 8.91. The van der Waals surface area contributed by atoms with Gasteiger partial charge < -0.3 is 15.7 Å². The maximum Gasteiger partial charge on any atom is 0.459 e. The molecular weight excluding hydrogens is 555 g/mol. The van der Waals surface area contributed by atoms with E-state index in [1.807, 2.05) is 0 Å². The van der Waals surface area contributed by atoms with E-state index >= 15 is 0 Å². The highest BCUT2D eigenvalue weighted by atomic mass is 79.9. The molecule has 0 saturated heterocycles. The summed E-state index contributed by atoms with van der Waals surface area (Å²) in [6.07, 6.45) is -5.43. The minimum Gasteiger partial charge on any atom is -0.395 e. The van der Waals surface area contributed by atoms with E-state index in [1.54, 1.807) is 5.32 Å². The van der Waals surface area contributed by atoms with Crippen molar-refractivity contribution in [3.8, 4) is 0 Å². The predicted molar refractivity (Wildman–Crippen MR) is 106 cm³/mol. The summed E-state index contributed by atoms with van der Waals surface area (Å²) in [6, 6.07) is 4.98. The van der Waals surface area contributed by atoms with E-state index in [0.717, 1.165) is 6.20 Å². The molecule has 184 valence electrons. The van der Waals surface area contributed by atoms with Gasteiger partial charge in [0.25, 0.3) is 0 Å². The highest BCUT2D eigenvalue weighted by Gasteiger charge is 2.72. The molecule has 4 N–H and O–H groups in total. The molecule has 0 spiro atoms. The second kappa shape index (κ2) is 9.94. The Kier molecular flexibility index (Phi) is 8.14. The topological polar surface area (TPSA) is 116 Å². The summed E-state index contributed by atoms with van der Waals surface area (Å²) in [4.78, 5) is 7.39. The van der Waals surface area contributed by atoms with Crippen molar-refractivity contribution in [1.82, 2.24) is 14.7 Å². The quantitative estimate of drug-likeness (QED) is 0.324. The van der Waals surface area contributed by atoms with E-state index in [0.29, 0.717) is 0 Å². The summed E-state index contributed by atoms with van der Waals surface area (Å²) in [6.45, 7) is -2.68. The molecule has 1 aromatic heterocycles. The number of rotatable bonds is 10. The third kappa shape index (κ3) is 6.42. The Bertz CT molecular complexity index is 1070. The Morgan fingerprint density at radius 1 is 1.03 bits per heavy atom. The maximum absolute atomic E-state index is 13.5. The predicted octanol–water partition coefficient (Wildman–Crippen LogP) is 3.50. The minimum absolute atomic E-state index is 0.101. The zero-order chi connectivity index (χ0) is 25.1. The summed E-state index contributed by atoms with van der Waals surface area (Å²) in [5.41, 5.74) is 0.235. The molecule has 0 aliphatic heterocycles. The van der Waals surface area contributed by atoms with Gasteiger partial charge in [0.05, 0.1) is 22.5 Å². The van der Waals surface area contributed by atoms with Gasteiger partial charge in [-0.1, -0.05) is 0 Å². The van der Waals surface area contributed by atoms with Crippen molar-refractivity contribution in [2.24, 2.45) is 0 Å². The summed E-state index contributed by atoms with van der Waals surface area (Å²) >= 11 is 2.86. The van der Waals surface area contributed by atoms with Crippen molar-refractivity contribution in [3.05, 3.63) is 34.9 Å². The third-order valence-electron chi connectivity index (χ3n) is 3.86. The summed E-state index contributed by atoms with van der Waals surface area (Å²) in [5.74, 6) is -12.5. The van der Waals surface area contributed by atoms with Crippen LogP contribution in [0.25, 0.3) is 0 Å². The number of anilines is 3. The van der Waals surface area contributed by atoms with Gasteiger partial charge in [-0.25, -0.2) is 18.1 Å². The molecule has 1 heterocycles. The van der Waals surface area contributed by atoms with Crippen molar-refractivity contribution >= 4 is 43.4 Å². The van der Waals surface area contributed by atoms with Crippen molar-refractivity contribution in [2.45, 2.75) is 22.9 Å². The van der Waals surface area contributed by atoms with E-state index in [1.165, 1.54) is 24.3 Å². The number of aliphatic hydroxyl groups is 1. The zero-order valence-electron chi connectivity index (χ0n) is 16.1. The number of aliphatic hydroxyl groups excluding tert-OH is 1. The fourth-order valence-corrected chi connectivity index (χ4v) is 3.53. The van der Waals surface area contributed by atoms with Gasteiger partial charge in [0.2, 0.25) is 16.0 Å². The van der Waals surface area contributed by atoms with Gasteiger partial charge in [-0.2, -0.15) is 35.7 Å². The van der Waals surface area contributed by atoms with E-state index < -0.39 is 47.0 Å². The van der Waals surface area contributed by atoms with Crippen LogP contribution in [0.4, 0.5) is 48.2 Å². The largest absolute Gasteiger partial charge is 0.459 e. The van der Waals surface area contributed by atoms with Gasteiger partial charge in [0.15, 0.2) is 0 Å². The molecule has 0 fully saturated rings. The number of halogens is 8. The maximum atomic E-state index is 13.5. The molecule has 33 heavy (non-hydrogen) atoms. The van der Waals surface area contributed by atoms with Gasteiger partial charge in [0.1, 0.15) is 5.82 Å². The molecule has 0 aliphatic carbocycles. The molecule has 2 aromatic rings. The summed E-state index contributed by atoms with van der Waals surface area (Å²) in [7, 11) is -3.87. The van der Waals surface area contributed by atoms with Crippen LogP contribution in [0.3, 0.4) is 0 Å². The number of alkyl halides is 7. The van der Waals surface area contributed by atoms with Crippen LogP contribution >= 0.6 is 15.9 Å². The summed E-state index contributed by atoms with van der Waals surface area (Å²) < 4.78 is 116. The lowest BCUT2D eigenvalue weighted by Gasteiger charge is -2.28. The SMILES string of the molecule is O=S(=O)(NCCO)c1ccc(Nc2ncc(Br)c(NCC(F)(F)C(F)(F)C(F)(F)F)n2)cc1. The lowest BCUT2D eigenvalue weighted by Crippen LogP contribution is -2.55. The van der Waals surface area contributed by atoms with Crippen LogP contribution < -0.4 is 15.4 Å². The third-order valence-corrected chi connectivity index (χ3v) is 5.92. The highest BCUT2D eigenvalue weighted by Crippen LogP contribution is 2.46. The molecule has 1 aromatic carbocycles. The van der Waals surface area contributed by atoms with E-state index in [4.69, 9.17) is 5.11 Å². The van der Waals surface area contributed by atoms with Crippen LogP contribution in [0.2, 0.25) is 0 Å². The van der Waals surface area contributed by atoms with Crippen LogP contribution in [-0.2, 0) is 10.0 Å². The van der Waals surface area contributed by atoms with Crippen molar-refractivity contribution in [2.75, 3.05) is 30.3 Å². The highest BCUT2D eigenvalue weighted by molar-refractivity contribution is 9.10. The van der Waals surface area contributed by atoms with Crippen molar-refractivity contribution in [1.29, 1.82) is 0 Å². The number of hydrogen-bond donors (Lipinski definition) is 4. The van der Waals surface area contributed by atoms with Crippen LogP contribution in [0.1, 0.15) is 0 Å². The van der Waals surface area contributed by atoms with Gasteiger partial charge in [-0.05, 0) is 40.2 Å². The first-order chi connectivity index (χ1) is 15.1. The molecule has 0 aliphatic rings. The van der Waals surface area contributed by atoms with Crippen LogP contribution in [0.15, 0.2) is 39.8 Å². The number of hydrogen-bond acceptors (Lipinski definition) is 7. The van der Waals surface area contributed by atoms with Crippen LogP contribution in [0, 0.1) is 0 Å². The first kappa shape index (κ1) is 27.0. The molecule has 0 unspecified atom stereocenters. The number of nitrogens with zero attached hydrogens (tertiary/aromatic N) is 2. The number of aromatic nitrogens is 2. The number of benzene rings is 1. The zero-order valence-corrected chi connectivity index (χ0v) is 18.5. The van der Waals surface area contributed by atoms with Gasteiger partial charge >= 0.3 is 18.0 Å². The molecule has 8 nitrogen and oxygen atoms in total. The standard InChI is InChI=1S/C16H15BrF7N5O3S/c17-11-7-25-13(28-9-1-3-10(4-2-9)33(31,32)27-5-6-30)29-12(11)26-8-14(18,19)15(20,21)16(22,23)24/h1-4,7,27,30H,5-6,8H2,(H2,25,26,28,29). The Hall–Kier alpha value is -2.24. The normalized spacial score (nSPS) is 13.1. The van der Waals surface area contributed by atoms with Crippen molar-refractivity contribution in [3.63, 3.8) is 0 Å². The first-order valence-electron chi connectivity index (χ1n) is 8.67. The fourth-order valence-electron chi connectivity index (χ4n) is 2.17. The fraction of sp³-hybridized carbons (Fsp3) is 0.375. The molecule has 0 bridgehead atoms. The van der Waals surface area contributed by atoms with E-state index in [2.05, 4.69) is 35.9 Å². The minimum atomic E-state index is -6.46. The average Bonchev–Trinajstić information content (AvgIpc) is 2.72. The van der Waals surface area contributed by atoms with Gasteiger partial charge in [-0.15, -0.1) is 0 Å². The molecule has 0 radical (unpaired) electrons. The average molecular weight is 570 g/mol. The smallest absolute Gasteiger partial charge is 0.395 e. The lowest BCUT2D eigenvalue weighted by atomic mass is 10.1. The van der Waals surface area contributed by atoms with Gasteiger partial charge in [-0.3, -0.25) is 0 Å². The molecule has 0 saturated carbocycles. The molecule has 2 rings (SSSR count). The van der Waals surface area contributed by atoms with Gasteiger partial charge in [0, 0.05) is 18.4 Å². The Morgan fingerprint density at radius 2 is 1.64 bits per heavy atom. The lowest BCUT2D eigenvalue weighted by molar-refractivity contribution is -0.350. The first-order valence-corrected chi connectivity index (χ1v) is 10.9. The van der Waals surface area contributed by atoms with Crippen LogP contribution in [0.5, 0.6) is 0 Å². The second-order valence-electron chi connectivity index (χ2n) is 6.29. The molecule has 0 atom stereocenters. The number of nitrogens with one attached hydrogen (secondary N) is 3. The van der Waals surface area contributed by atoms with Crippen molar-refractivity contribution < 1.29 is 44.3 Å². The Labute approximate surface area is 190 Å². The monoisotopic (exact) mass is 569 g/mol. The Balaban J connectivity index is 2.14. The molecule has 17 heteroatoms.